The highest BCUT2D eigenvalue weighted by Crippen LogP contribution is 2.27. The summed E-state index contributed by atoms with van der Waals surface area (Å²) in [5.74, 6) is 0.109. The van der Waals surface area contributed by atoms with Crippen molar-refractivity contribution >= 4 is 39.3 Å². The standard InChI is InChI=1S/C18H13BrN4S/c1-12-5-6-21-17(7-12)22-10-14(9-20)18-23-16(11-24-18)13-3-2-4-15(19)8-13/h2-8,10-11,14H,1H3. The molecule has 0 spiro atoms. The van der Waals surface area contributed by atoms with Crippen molar-refractivity contribution in [1.82, 2.24) is 9.97 Å². The number of aryl methyl sites for hydroxylation is 1. The maximum absolute atomic E-state index is 9.43. The lowest BCUT2D eigenvalue weighted by atomic mass is 10.1. The monoisotopic (exact) mass is 396 g/mol. The highest BCUT2D eigenvalue weighted by molar-refractivity contribution is 9.10. The molecule has 0 aliphatic carbocycles. The molecule has 3 aromatic rings. The van der Waals surface area contributed by atoms with Gasteiger partial charge in [-0.1, -0.05) is 28.1 Å². The molecule has 0 amide bonds. The van der Waals surface area contributed by atoms with Gasteiger partial charge in [0, 0.05) is 27.8 Å². The first-order valence-electron chi connectivity index (χ1n) is 7.23. The van der Waals surface area contributed by atoms with Crippen LogP contribution in [0.4, 0.5) is 5.82 Å². The molecule has 0 fully saturated rings. The van der Waals surface area contributed by atoms with Crippen LogP contribution in [0.2, 0.25) is 0 Å². The molecule has 1 aromatic carbocycles. The minimum absolute atomic E-state index is 0.488. The van der Waals surface area contributed by atoms with Crippen molar-refractivity contribution in [2.24, 2.45) is 4.99 Å². The van der Waals surface area contributed by atoms with Crippen LogP contribution in [0.25, 0.3) is 11.3 Å². The molecule has 1 atom stereocenters. The van der Waals surface area contributed by atoms with Gasteiger partial charge in [-0.25, -0.2) is 15.0 Å². The molecule has 0 aliphatic heterocycles. The topological polar surface area (TPSA) is 61.9 Å². The van der Waals surface area contributed by atoms with Crippen molar-refractivity contribution < 1.29 is 0 Å². The number of hydrogen-bond donors (Lipinski definition) is 0. The van der Waals surface area contributed by atoms with Crippen molar-refractivity contribution in [1.29, 1.82) is 5.26 Å². The zero-order chi connectivity index (χ0) is 16.9. The molecular weight excluding hydrogens is 384 g/mol. The maximum Gasteiger partial charge on any atom is 0.151 e. The van der Waals surface area contributed by atoms with E-state index >= 15 is 0 Å². The van der Waals surface area contributed by atoms with Gasteiger partial charge in [-0.15, -0.1) is 11.3 Å². The number of aliphatic imine (C=N–C) groups is 1. The highest BCUT2D eigenvalue weighted by Gasteiger charge is 2.14. The minimum Gasteiger partial charge on any atom is -0.240 e. The van der Waals surface area contributed by atoms with Gasteiger partial charge in [-0.2, -0.15) is 5.26 Å². The molecule has 4 nitrogen and oxygen atoms in total. The number of aromatic nitrogens is 2. The Morgan fingerprint density at radius 1 is 1.33 bits per heavy atom. The summed E-state index contributed by atoms with van der Waals surface area (Å²) < 4.78 is 0.999. The maximum atomic E-state index is 9.43. The average Bonchev–Trinajstić information content (AvgIpc) is 3.05. The Balaban J connectivity index is 1.83. The lowest BCUT2D eigenvalue weighted by Gasteiger charge is -1.99. The molecule has 2 aromatic heterocycles. The van der Waals surface area contributed by atoms with Gasteiger partial charge in [0.1, 0.15) is 10.9 Å². The predicted octanol–water partition coefficient (Wildman–Crippen LogP) is 5.29. The summed E-state index contributed by atoms with van der Waals surface area (Å²) in [5.41, 5.74) is 2.95. The number of nitriles is 1. The fraction of sp³-hybridized carbons (Fsp3) is 0.111. The zero-order valence-electron chi connectivity index (χ0n) is 12.8. The molecule has 3 rings (SSSR count). The summed E-state index contributed by atoms with van der Waals surface area (Å²) in [7, 11) is 0. The highest BCUT2D eigenvalue weighted by atomic mass is 79.9. The molecule has 0 bridgehead atoms. The predicted molar refractivity (Wildman–Crippen MR) is 101 cm³/mol. The number of nitrogens with zero attached hydrogens (tertiary/aromatic N) is 4. The van der Waals surface area contributed by atoms with E-state index in [4.69, 9.17) is 0 Å². The van der Waals surface area contributed by atoms with Gasteiger partial charge in [0.05, 0.1) is 11.8 Å². The van der Waals surface area contributed by atoms with Crippen molar-refractivity contribution in [3.63, 3.8) is 0 Å². The number of thiazole rings is 1. The molecule has 0 aliphatic rings. The Morgan fingerprint density at radius 2 is 2.21 bits per heavy atom. The van der Waals surface area contributed by atoms with Gasteiger partial charge in [-0.05, 0) is 36.8 Å². The molecule has 118 valence electrons. The summed E-state index contributed by atoms with van der Waals surface area (Å²) >= 11 is 4.92. The molecule has 6 heteroatoms. The second-order valence-corrected chi connectivity index (χ2v) is 6.96. The molecule has 24 heavy (non-hydrogen) atoms. The van der Waals surface area contributed by atoms with E-state index in [9.17, 15) is 5.26 Å². The molecule has 0 radical (unpaired) electrons. The van der Waals surface area contributed by atoms with Crippen molar-refractivity contribution in [3.8, 4) is 17.3 Å². The van der Waals surface area contributed by atoms with E-state index in [-0.39, 0.29) is 0 Å². The Bertz CT molecular complexity index is 927. The Labute approximate surface area is 152 Å². The Morgan fingerprint density at radius 3 is 2.96 bits per heavy atom. The molecular formula is C18H13BrN4S. The lowest BCUT2D eigenvalue weighted by Crippen LogP contribution is -1.96. The number of rotatable bonds is 4. The quantitative estimate of drug-likeness (QED) is 0.563. The van der Waals surface area contributed by atoms with Crippen LogP contribution < -0.4 is 0 Å². The van der Waals surface area contributed by atoms with E-state index in [1.807, 2.05) is 48.7 Å². The van der Waals surface area contributed by atoms with Crippen LogP contribution in [0.5, 0.6) is 0 Å². The second-order valence-electron chi connectivity index (χ2n) is 5.16. The fourth-order valence-electron chi connectivity index (χ4n) is 2.10. The average molecular weight is 397 g/mol. The smallest absolute Gasteiger partial charge is 0.151 e. The number of hydrogen-bond acceptors (Lipinski definition) is 5. The Kier molecular flexibility index (Phi) is 5.14. The van der Waals surface area contributed by atoms with Gasteiger partial charge >= 0.3 is 0 Å². The van der Waals surface area contributed by atoms with Crippen LogP contribution in [0.1, 0.15) is 16.5 Å². The lowest BCUT2D eigenvalue weighted by molar-refractivity contribution is 1.11. The third kappa shape index (κ3) is 3.94. The van der Waals surface area contributed by atoms with Gasteiger partial charge in [0.25, 0.3) is 0 Å². The van der Waals surface area contributed by atoms with E-state index < -0.39 is 5.92 Å². The van der Waals surface area contributed by atoms with Crippen LogP contribution in [0.15, 0.2) is 57.4 Å². The van der Waals surface area contributed by atoms with Crippen LogP contribution in [0, 0.1) is 18.3 Å². The van der Waals surface area contributed by atoms with Crippen LogP contribution in [0.3, 0.4) is 0 Å². The van der Waals surface area contributed by atoms with Crippen LogP contribution in [-0.4, -0.2) is 16.2 Å². The first-order chi connectivity index (χ1) is 11.7. The summed E-state index contributed by atoms with van der Waals surface area (Å²) in [6, 6.07) is 14.0. The fourth-order valence-corrected chi connectivity index (χ4v) is 3.34. The van der Waals surface area contributed by atoms with E-state index in [2.05, 4.69) is 37.0 Å². The summed E-state index contributed by atoms with van der Waals surface area (Å²) in [5, 5.41) is 12.1. The van der Waals surface area contributed by atoms with Gasteiger partial charge in [0.2, 0.25) is 0 Å². The number of pyridine rings is 1. The first-order valence-corrected chi connectivity index (χ1v) is 8.91. The molecule has 0 saturated carbocycles. The molecule has 0 saturated heterocycles. The first kappa shape index (κ1) is 16.5. The molecule has 1 unspecified atom stereocenters. The van der Waals surface area contributed by atoms with Gasteiger partial charge < -0.3 is 0 Å². The minimum atomic E-state index is -0.488. The Hall–Kier alpha value is -2.36. The largest absolute Gasteiger partial charge is 0.240 e. The van der Waals surface area contributed by atoms with Crippen molar-refractivity contribution in [3.05, 3.63) is 63.0 Å². The van der Waals surface area contributed by atoms with Crippen LogP contribution in [-0.2, 0) is 0 Å². The van der Waals surface area contributed by atoms with E-state index in [0.717, 1.165) is 26.3 Å². The van der Waals surface area contributed by atoms with Gasteiger partial charge in [-0.3, -0.25) is 0 Å². The third-order valence-corrected chi connectivity index (χ3v) is 4.73. The molecule has 0 N–H and O–H groups in total. The zero-order valence-corrected chi connectivity index (χ0v) is 15.3. The summed E-state index contributed by atoms with van der Waals surface area (Å²) in [4.78, 5) is 13.1. The second kappa shape index (κ2) is 7.47. The van der Waals surface area contributed by atoms with E-state index in [1.165, 1.54) is 11.3 Å². The van der Waals surface area contributed by atoms with E-state index in [1.54, 1.807) is 12.4 Å². The normalized spacial score (nSPS) is 12.2. The van der Waals surface area contributed by atoms with Crippen LogP contribution >= 0.6 is 27.3 Å². The van der Waals surface area contributed by atoms with Crippen molar-refractivity contribution in [2.45, 2.75) is 12.8 Å². The SMILES string of the molecule is Cc1ccnc(N=CC(C#N)c2nc(-c3cccc(Br)c3)cs2)c1. The van der Waals surface area contributed by atoms with E-state index in [0.29, 0.717) is 5.82 Å². The number of halogens is 1. The summed E-state index contributed by atoms with van der Waals surface area (Å²) in [6.45, 7) is 1.98. The van der Waals surface area contributed by atoms with Crippen molar-refractivity contribution in [2.75, 3.05) is 0 Å². The van der Waals surface area contributed by atoms with Gasteiger partial charge in [0.15, 0.2) is 5.82 Å². The number of benzene rings is 1. The third-order valence-electron chi connectivity index (χ3n) is 3.30. The summed E-state index contributed by atoms with van der Waals surface area (Å²) in [6.07, 6.45) is 3.31. The molecule has 2 heterocycles.